The predicted octanol–water partition coefficient (Wildman–Crippen LogP) is 3.99. The van der Waals surface area contributed by atoms with Crippen molar-refractivity contribution < 1.29 is 4.74 Å². The highest BCUT2D eigenvalue weighted by Crippen LogP contribution is 2.23. The lowest BCUT2D eigenvalue weighted by atomic mass is 9.98. The fourth-order valence-corrected chi connectivity index (χ4v) is 2.40. The third-order valence-electron chi connectivity index (χ3n) is 3.27. The summed E-state index contributed by atoms with van der Waals surface area (Å²) in [5.41, 5.74) is 1.16. The molecule has 0 bridgehead atoms. The van der Waals surface area contributed by atoms with Gasteiger partial charge in [-0.2, -0.15) is 0 Å². The van der Waals surface area contributed by atoms with Crippen LogP contribution in [0.4, 0.5) is 0 Å². The minimum Gasteiger partial charge on any atom is -0.489 e. The molecule has 1 aromatic heterocycles. The SMILES string of the molecule is CC(C)Cc1ccc(OC2CCCCC2)cn1. The molecule has 2 heteroatoms. The summed E-state index contributed by atoms with van der Waals surface area (Å²) >= 11 is 0. The number of aromatic nitrogens is 1. The van der Waals surface area contributed by atoms with Crippen molar-refractivity contribution in [2.24, 2.45) is 5.92 Å². The minimum atomic E-state index is 0.418. The lowest BCUT2D eigenvalue weighted by Gasteiger charge is -2.22. The first-order valence-electron chi connectivity index (χ1n) is 6.85. The van der Waals surface area contributed by atoms with Gasteiger partial charge in [0.05, 0.1) is 12.3 Å². The Morgan fingerprint density at radius 1 is 1.24 bits per heavy atom. The quantitative estimate of drug-likeness (QED) is 0.784. The van der Waals surface area contributed by atoms with Crippen LogP contribution in [-0.4, -0.2) is 11.1 Å². The Balaban J connectivity index is 1.88. The highest BCUT2D eigenvalue weighted by molar-refractivity contribution is 5.20. The summed E-state index contributed by atoms with van der Waals surface area (Å²) in [5.74, 6) is 1.59. The lowest BCUT2D eigenvalue weighted by molar-refractivity contribution is 0.154. The van der Waals surface area contributed by atoms with E-state index in [4.69, 9.17) is 4.74 Å². The van der Waals surface area contributed by atoms with Crippen LogP contribution in [0.5, 0.6) is 5.75 Å². The smallest absolute Gasteiger partial charge is 0.138 e. The maximum absolute atomic E-state index is 5.95. The second-order valence-corrected chi connectivity index (χ2v) is 5.46. The van der Waals surface area contributed by atoms with E-state index in [9.17, 15) is 0 Å². The topological polar surface area (TPSA) is 22.1 Å². The Kier molecular flexibility index (Phi) is 4.41. The third-order valence-corrected chi connectivity index (χ3v) is 3.27. The molecule has 1 fully saturated rings. The fraction of sp³-hybridized carbons (Fsp3) is 0.667. The largest absolute Gasteiger partial charge is 0.489 e. The van der Waals surface area contributed by atoms with E-state index in [0.29, 0.717) is 12.0 Å². The number of hydrogen-bond acceptors (Lipinski definition) is 2. The van der Waals surface area contributed by atoms with Crippen molar-refractivity contribution in [3.63, 3.8) is 0 Å². The number of nitrogens with zero attached hydrogens (tertiary/aromatic N) is 1. The number of pyridine rings is 1. The molecule has 17 heavy (non-hydrogen) atoms. The van der Waals surface area contributed by atoms with Crippen molar-refractivity contribution in [1.29, 1.82) is 0 Å². The summed E-state index contributed by atoms with van der Waals surface area (Å²) in [7, 11) is 0. The molecule has 94 valence electrons. The van der Waals surface area contributed by atoms with Crippen molar-refractivity contribution >= 4 is 0 Å². The average Bonchev–Trinajstić information content (AvgIpc) is 2.32. The van der Waals surface area contributed by atoms with E-state index >= 15 is 0 Å². The van der Waals surface area contributed by atoms with Crippen LogP contribution in [0.25, 0.3) is 0 Å². The summed E-state index contributed by atoms with van der Waals surface area (Å²) in [5, 5.41) is 0. The number of ether oxygens (including phenoxy) is 1. The first-order valence-corrected chi connectivity index (χ1v) is 6.85. The van der Waals surface area contributed by atoms with Gasteiger partial charge in [-0.15, -0.1) is 0 Å². The van der Waals surface area contributed by atoms with Gasteiger partial charge in [-0.1, -0.05) is 20.3 Å². The molecule has 1 aliphatic carbocycles. The molecule has 0 N–H and O–H groups in total. The maximum atomic E-state index is 5.95. The molecule has 0 amide bonds. The van der Waals surface area contributed by atoms with E-state index in [2.05, 4.69) is 31.0 Å². The van der Waals surface area contributed by atoms with Gasteiger partial charge in [0.2, 0.25) is 0 Å². The van der Waals surface area contributed by atoms with Crippen molar-refractivity contribution in [3.05, 3.63) is 24.0 Å². The van der Waals surface area contributed by atoms with Crippen LogP contribution >= 0.6 is 0 Å². The van der Waals surface area contributed by atoms with Crippen molar-refractivity contribution in [2.75, 3.05) is 0 Å². The van der Waals surface area contributed by atoms with Crippen molar-refractivity contribution in [3.8, 4) is 5.75 Å². The molecule has 1 aromatic rings. The van der Waals surface area contributed by atoms with Gasteiger partial charge in [-0.25, -0.2) is 0 Å². The van der Waals surface area contributed by atoms with Crippen LogP contribution in [-0.2, 0) is 6.42 Å². The first kappa shape index (κ1) is 12.4. The Hall–Kier alpha value is -1.05. The van der Waals surface area contributed by atoms with Crippen LogP contribution in [0.15, 0.2) is 18.3 Å². The van der Waals surface area contributed by atoms with E-state index < -0.39 is 0 Å². The van der Waals surface area contributed by atoms with E-state index in [1.54, 1.807) is 0 Å². The molecule has 1 aliphatic rings. The highest BCUT2D eigenvalue weighted by atomic mass is 16.5. The zero-order valence-electron chi connectivity index (χ0n) is 11.0. The average molecular weight is 233 g/mol. The molecule has 0 aromatic carbocycles. The zero-order valence-corrected chi connectivity index (χ0v) is 11.0. The predicted molar refractivity (Wildman–Crippen MR) is 70.3 cm³/mol. The van der Waals surface area contributed by atoms with Crippen LogP contribution in [0.2, 0.25) is 0 Å². The molecule has 0 saturated heterocycles. The molecular formula is C15H23NO. The molecule has 0 atom stereocenters. The Morgan fingerprint density at radius 3 is 2.59 bits per heavy atom. The molecule has 0 unspecified atom stereocenters. The van der Waals surface area contributed by atoms with Crippen LogP contribution in [0, 0.1) is 5.92 Å². The van der Waals surface area contributed by atoms with Crippen molar-refractivity contribution in [2.45, 2.75) is 58.5 Å². The van der Waals surface area contributed by atoms with E-state index in [1.165, 1.54) is 32.1 Å². The molecule has 1 heterocycles. The summed E-state index contributed by atoms with van der Waals surface area (Å²) < 4.78 is 5.95. The van der Waals surface area contributed by atoms with E-state index in [-0.39, 0.29) is 0 Å². The second-order valence-electron chi connectivity index (χ2n) is 5.46. The maximum Gasteiger partial charge on any atom is 0.138 e. The molecule has 0 spiro atoms. The Bertz CT molecular complexity index is 325. The summed E-state index contributed by atoms with van der Waals surface area (Å²) in [6.07, 6.45) is 9.73. The normalized spacial score (nSPS) is 17.4. The molecule has 2 nitrogen and oxygen atoms in total. The van der Waals surface area contributed by atoms with Crippen molar-refractivity contribution in [1.82, 2.24) is 4.98 Å². The summed E-state index contributed by atoms with van der Waals surface area (Å²) in [4.78, 5) is 4.46. The lowest BCUT2D eigenvalue weighted by Crippen LogP contribution is -2.19. The van der Waals surface area contributed by atoms with Gasteiger partial charge in [0.25, 0.3) is 0 Å². The minimum absolute atomic E-state index is 0.418. The molecule has 2 rings (SSSR count). The summed E-state index contributed by atoms with van der Waals surface area (Å²) in [6, 6.07) is 4.16. The molecule has 0 radical (unpaired) electrons. The van der Waals surface area contributed by atoms with Crippen LogP contribution < -0.4 is 4.74 Å². The van der Waals surface area contributed by atoms with E-state index in [0.717, 1.165) is 17.9 Å². The van der Waals surface area contributed by atoms with Gasteiger partial charge >= 0.3 is 0 Å². The van der Waals surface area contributed by atoms with Gasteiger partial charge in [-0.3, -0.25) is 4.98 Å². The standard InChI is InChI=1S/C15H23NO/c1-12(2)10-13-8-9-15(11-16-13)17-14-6-4-3-5-7-14/h8-9,11-12,14H,3-7,10H2,1-2H3. The Labute approximate surface area is 104 Å². The zero-order chi connectivity index (χ0) is 12.1. The molecule has 0 aliphatic heterocycles. The summed E-state index contributed by atoms with van der Waals surface area (Å²) in [6.45, 7) is 4.43. The molecule has 1 saturated carbocycles. The van der Waals surface area contributed by atoms with Gasteiger partial charge in [0.1, 0.15) is 5.75 Å². The first-order chi connectivity index (χ1) is 8.24. The third kappa shape index (κ3) is 4.03. The number of rotatable bonds is 4. The monoisotopic (exact) mass is 233 g/mol. The number of hydrogen-bond donors (Lipinski definition) is 0. The van der Waals surface area contributed by atoms with Gasteiger partial charge in [0, 0.05) is 5.69 Å². The van der Waals surface area contributed by atoms with Gasteiger partial charge < -0.3 is 4.74 Å². The van der Waals surface area contributed by atoms with Gasteiger partial charge in [-0.05, 0) is 50.2 Å². The molecular weight excluding hydrogens is 210 g/mol. The Morgan fingerprint density at radius 2 is 2.00 bits per heavy atom. The van der Waals surface area contributed by atoms with Crippen LogP contribution in [0.1, 0.15) is 51.6 Å². The fourth-order valence-electron chi connectivity index (χ4n) is 2.40. The van der Waals surface area contributed by atoms with E-state index in [1.807, 2.05) is 6.20 Å². The van der Waals surface area contributed by atoms with Crippen LogP contribution in [0.3, 0.4) is 0 Å². The second kappa shape index (κ2) is 6.04. The van der Waals surface area contributed by atoms with Gasteiger partial charge in [0.15, 0.2) is 0 Å². The highest BCUT2D eigenvalue weighted by Gasteiger charge is 2.14.